The standard InChI is InChI=1S/C29H35NO3/c1-30(2)16-15-21-5-10-25-18-27(12-11-24(25)17-21)33-20-22-6-8-23(9-7-22)28-14-13-26(31-3)19-29(28)32-4/h6-9,11-14,18-19,21H,5,10,15-17,20H2,1-4H3. The van der Waals surface area contributed by atoms with Crippen molar-refractivity contribution in [3.63, 3.8) is 0 Å². The number of benzene rings is 3. The molecule has 0 spiro atoms. The summed E-state index contributed by atoms with van der Waals surface area (Å²) in [6.07, 6.45) is 4.91. The number of fused-ring (bicyclic) bond motifs is 1. The van der Waals surface area contributed by atoms with Gasteiger partial charge in [0.2, 0.25) is 0 Å². The Hall–Kier alpha value is -2.98. The van der Waals surface area contributed by atoms with E-state index in [0.29, 0.717) is 6.61 Å². The first kappa shape index (κ1) is 23.2. The van der Waals surface area contributed by atoms with E-state index in [4.69, 9.17) is 14.2 Å². The maximum atomic E-state index is 6.14. The Labute approximate surface area is 198 Å². The third-order valence-electron chi connectivity index (χ3n) is 6.57. The van der Waals surface area contributed by atoms with Crippen LogP contribution in [0.4, 0.5) is 0 Å². The molecule has 0 fully saturated rings. The fourth-order valence-corrected chi connectivity index (χ4v) is 4.57. The predicted octanol–water partition coefficient (Wildman–Crippen LogP) is 6.01. The molecule has 1 aliphatic rings. The van der Waals surface area contributed by atoms with Crippen molar-refractivity contribution in [2.45, 2.75) is 32.3 Å². The molecule has 174 valence electrons. The maximum absolute atomic E-state index is 6.14. The van der Waals surface area contributed by atoms with Crippen molar-refractivity contribution in [1.82, 2.24) is 4.90 Å². The summed E-state index contributed by atoms with van der Waals surface area (Å²) in [5.41, 5.74) is 6.25. The smallest absolute Gasteiger partial charge is 0.130 e. The van der Waals surface area contributed by atoms with Crippen molar-refractivity contribution in [2.75, 3.05) is 34.9 Å². The Morgan fingerprint density at radius 1 is 0.848 bits per heavy atom. The minimum absolute atomic E-state index is 0.560. The highest BCUT2D eigenvalue weighted by Crippen LogP contribution is 2.34. The topological polar surface area (TPSA) is 30.9 Å². The fourth-order valence-electron chi connectivity index (χ4n) is 4.57. The molecule has 1 aliphatic carbocycles. The van der Waals surface area contributed by atoms with Gasteiger partial charge in [0.15, 0.2) is 0 Å². The molecule has 1 atom stereocenters. The third-order valence-corrected chi connectivity index (χ3v) is 6.57. The number of nitrogens with zero attached hydrogens (tertiary/aromatic N) is 1. The first-order chi connectivity index (χ1) is 16.1. The first-order valence-corrected chi connectivity index (χ1v) is 11.8. The van der Waals surface area contributed by atoms with Gasteiger partial charge in [-0.1, -0.05) is 30.3 Å². The van der Waals surface area contributed by atoms with Crippen LogP contribution in [-0.2, 0) is 19.4 Å². The van der Waals surface area contributed by atoms with Crippen molar-refractivity contribution in [3.05, 3.63) is 77.4 Å². The number of ether oxygens (including phenoxy) is 3. The van der Waals surface area contributed by atoms with Gasteiger partial charge in [-0.2, -0.15) is 0 Å². The summed E-state index contributed by atoms with van der Waals surface area (Å²) in [6.45, 7) is 1.73. The summed E-state index contributed by atoms with van der Waals surface area (Å²) >= 11 is 0. The van der Waals surface area contributed by atoms with Crippen LogP contribution in [0.3, 0.4) is 0 Å². The quantitative estimate of drug-likeness (QED) is 0.404. The van der Waals surface area contributed by atoms with E-state index in [1.54, 1.807) is 14.2 Å². The van der Waals surface area contributed by atoms with E-state index in [0.717, 1.165) is 46.3 Å². The first-order valence-electron chi connectivity index (χ1n) is 11.8. The van der Waals surface area contributed by atoms with E-state index in [1.807, 2.05) is 18.2 Å². The monoisotopic (exact) mass is 445 g/mol. The van der Waals surface area contributed by atoms with Gasteiger partial charge in [-0.25, -0.2) is 0 Å². The van der Waals surface area contributed by atoms with Crippen molar-refractivity contribution >= 4 is 0 Å². The van der Waals surface area contributed by atoms with Crippen LogP contribution >= 0.6 is 0 Å². The molecule has 0 saturated heterocycles. The third kappa shape index (κ3) is 5.88. The van der Waals surface area contributed by atoms with E-state index < -0.39 is 0 Å². The van der Waals surface area contributed by atoms with Crippen molar-refractivity contribution in [2.24, 2.45) is 5.92 Å². The number of aryl methyl sites for hydroxylation is 1. The molecular formula is C29H35NO3. The highest BCUT2D eigenvalue weighted by Gasteiger charge is 2.19. The van der Waals surface area contributed by atoms with Crippen molar-refractivity contribution in [3.8, 4) is 28.4 Å². The number of hydrogen-bond acceptors (Lipinski definition) is 4. The molecule has 0 saturated carbocycles. The largest absolute Gasteiger partial charge is 0.497 e. The molecule has 0 bridgehead atoms. The van der Waals surface area contributed by atoms with Crippen LogP contribution in [0.15, 0.2) is 60.7 Å². The predicted molar refractivity (Wildman–Crippen MR) is 134 cm³/mol. The van der Waals surface area contributed by atoms with Crippen molar-refractivity contribution < 1.29 is 14.2 Å². The van der Waals surface area contributed by atoms with Crippen LogP contribution in [0.25, 0.3) is 11.1 Å². The molecule has 4 heteroatoms. The van der Waals surface area contributed by atoms with E-state index in [2.05, 4.69) is 61.5 Å². The highest BCUT2D eigenvalue weighted by molar-refractivity contribution is 5.71. The van der Waals surface area contributed by atoms with E-state index in [1.165, 1.54) is 36.9 Å². The average Bonchev–Trinajstić information content (AvgIpc) is 2.86. The minimum Gasteiger partial charge on any atom is -0.497 e. The second-order valence-corrected chi connectivity index (χ2v) is 9.18. The molecular weight excluding hydrogens is 410 g/mol. The lowest BCUT2D eigenvalue weighted by molar-refractivity contribution is 0.304. The summed E-state index contributed by atoms with van der Waals surface area (Å²) in [5, 5.41) is 0. The lowest BCUT2D eigenvalue weighted by Crippen LogP contribution is -2.21. The average molecular weight is 446 g/mol. The fraction of sp³-hybridized carbons (Fsp3) is 0.379. The van der Waals surface area contributed by atoms with Gasteiger partial charge in [0, 0.05) is 11.6 Å². The normalized spacial score (nSPS) is 15.2. The number of rotatable bonds is 9. The molecule has 33 heavy (non-hydrogen) atoms. The molecule has 3 aromatic rings. The minimum atomic E-state index is 0.560. The van der Waals surface area contributed by atoms with Gasteiger partial charge < -0.3 is 19.1 Å². The van der Waals surface area contributed by atoms with Crippen LogP contribution in [0.1, 0.15) is 29.5 Å². The molecule has 0 aliphatic heterocycles. The van der Waals surface area contributed by atoms with Crippen molar-refractivity contribution in [1.29, 1.82) is 0 Å². The zero-order chi connectivity index (χ0) is 23.2. The van der Waals surface area contributed by atoms with Gasteiger partial charge in [-0.3, -0.25) is 0 Å². The molecule has 4 nitrogen and oxygen atoms in total. The Bertz CT molecular complexity index is 1060. The van der Waals surface area contributed by atoms with Crippen LogP contribution in [0.2, 0.25) is 0 Å². The van der Waals surface area contributed by atoms with Crippen LogP contribution in [0, 0.1) is 5.92 Å². The van der Waals surface area contributed by atoms with Gasteiger partial charge in [0.05, 0.1) is 14.2 Å². The van der Waals surface area contributed by atoms with Gasteiger partial charge in [0.25, 0.3) is 0 Å². The van der Waals surface area contributed by atoms with Crippen LogP contribution < -0.4 is 14.2 Å². The Balaban J connectivity index is 1.37. The molecule has 4 rings (SSSR count). The maximum Gasteiger partial charge on any atom is 0.130 e. The van der Waals surface area contributed by atoms with Crippen LogP contribution in [-0.4, -0.2) is 39.8 Å². The lowest BCUT2D eigenvalue weighted by atomic mass is 9.82. The van der Waals surface area contributed by atoms with Crippen LogP contribution in [0.5, 0.6) is 17.2 Å². The van der Waals surface area contributed by atoms with Gasteiger partial charge >= 0.3 is 0 Å². The molecule has 0 aromatic heterocycles. The molecule has 0 amide bonds. The zero-order valence-corrected chi connectivity index (χ0v) is 20.3. The summed E-state index contributed by atoms with van der Waals surface area (Å²) < 4.78 is 17.0. The molecule has 1 unspecified atom stereocenters. The second-order valence-electron chi connectivity index (χ2n) is 9.18. The molecule has 0 heterocycles. The van der Waals surface area contributed by atoms with Gasteiger partial charge in [-0.15, -0.1) is 0 Å². The van der Waals surface area contributed by atoms with E-state index >= 15 is 0 Å². The highest BCUT2D eigenvalue weighted by atomic mass is 16.5. The van der Waals surface area contributed by atoms with Gasteiger partial charge in [-0.05, 0) is 98.8 Å². The Morgan fingerprint density at radius 2 is 1.64 bits per heavy atom. The summed E-state index contributed by atoms with van der Waals surface area (Å²) in [5.74, 6) is 3.35. The lowest BCUT2D eigenvalue weighted by Gasteiger charge is -2.26. The zero-order valence-electron chi connectivity index (χ0n) is 20.3. The summed E-state index contributed by atoms with van der Waals surface area (Å²) in [7, 11) is 7.66. The molecule has 3 aromatic carbocycles. The Morgan fingerprint density at radius 3 is 2.36 bits per heavy atom. The Kier molecular flexibility index (Phi) is 7.56. The van der Waals surface area contributed by atoms with E-state index in [9.17, 15) is 0 Å². The summed E-state index contributed by atoms with van der Waals surface area (Å²) in [6, 6.07) is 21.0. The van der Waals surface area contributed by atoms with Gasteiger partial charge in [0.1, 0.15) is 23.9 Å². The second kappa shape index (κ2) is 10.8. The van der Waals surface area contributed by atoms with E-state index in [-0.39, 0.29) is 0 Å². The number of methoxy groups -OCH3 is 2. The molecule has 0 N–H and O–H groups in total. The molecule has 0 radical (unpaired) electrons. The SMILES string of the molecule is COc1ccc(-c2ccc(COc3ccc4c(c3)CCC(CCN(C)C)C4)cc2)c(OC)c1. The summed E-state index contributed by atoms with van der Waals surface area (Å²) in [4.78, 5) is 2.28. The number of hydrogen-bond donors (Lipinski definition) is 0.